The Kier molecular flexibility index (Phi) is 3.73. The van der Waals surface area contributed by atoms with Crippen LogP contribution in [0.25, 0.3) is 0 Å². The Morgan fingerprint density at radius 2 is 2.12 bits per heavy atom. The van der Waals surface area contributed by atoms with Crippen molar-refractivity contribution in [1.29, 1.82) is 5.26 Å². The quantitative estimate of drug-likeness (QED) is 0.832. The van der Waals surface area contributed by atoms with Crippen molar-refractivity contribution in [1.82, 2.24) is 4.98 Å². The van der Waals surface area contributed by atoms with Crippen molar-refractivity contribution in [3.8, 4) is 11.9 Å². The SMILES string of the molecule is N#CCc1[nH]c(OC(F)(F)F)cc(=O)c1CF. The average Bonchev–Trinajstić information content (AvgIpc) is 2.15. The van der Waals surface area contributed by atoms with Gasteiger partial charge in [-0.15, -0.1) is 13.2 Å². The zero-order chi connectivity index (χ0) is 13.1. The maximum absolute atomic E-state index is 12.4. The molecule has 1 N–H and O–H groups in total. The van der Waals surface area contributed by atoms with Gasteiger partial charge in [-0.1, -0.05) is 0 Å². The van der Waals surface area contributed by atoms with Crippen molar-refractivity contribution in [2.75, 3.05) is 0 Å². The Morgan fingerprint density at radius 3 is 2.59 bits per heavy atom. The molecule has 0 atom stereocenters. The number of nitrogens with zero attached hydrogens (tertiary/aromatic N) is 1. The van der Waals surface area contributed by atoms with Crippen LogP contribution in [0, 0.1) is 11.3 Å². The van der Waals surface area contributed by atoms with Crippen LogP contribution < -0.4 is 10.2 Å². The van der Waals surface area contributed by atoms with Crippen LogP contribution in [0.3, 0.4) is 0 Å². The molecule has 0 aliphatic carbocycles. The fraction of sp³-hybridized carbons (Fsp3) is 0.333. The van der Waals surface area contributed by atoms with Crippen molar-refractivity contribution in [3.05, 3.63) is 27.5 Å². The van der Waals surface area contributed by atoms with Gasteiger partial charge in [-0.25, -0.2) is 4.39 Å². The minimum absolute atomic E-state index is 0.221. The Hall–Kier alpha value is -2.04. The first kappa shape index (κ1) is 13.0. The number of hydrogen-bond donors (Lipinski definition) is 1. The van der Waals surface area contributed by atoms with E-state index < -0.39 is 30.8 Å². The number of rotatable bonds is 3. The number of nitrogens with one attached hydrogen (secondary N) is 1. The zero-order valence-electron chi connectivity index (χ0n) is 8.27. The highest BCUT2D eigenvalue weighted by Gasteiger charge is 2.32. The molecular weight excluding hydrogens is 244 g/mol. The molecule has 8 heteroatoms. The summed E-state index contributed by atoms with van der Waals surface area (Å²) in [6.45, 7) is -1.17. The number of aromatic amines is 1. The fourth-order valence-corrected chi connectivity index (χ4v) is 1.17. The average molecular weight is 250 g/mol. The predicted octanol–water partition coefficient (Wildman–Crippen LogP) is 1.81. The lowest BCUT2D eigenvalue weighted by Crippen LogP contribution is -2.21. The van der Waals surface area contributed by atoms with Gasteiger partial charge in [0.05, 0.1) is 18.1 Å². The molecule has 0 aromatic carbocycles. The van der Waals surface area contributed by atoms with Crippen molar-refractivity contribution < 1.29 is 22.3 Å². The van der Waals surface area contributed by atoms with E-state index in [4.69, 9.17) is 5.26 Å². The molecule has 0 bridgehead atoms. The molecule has 0 fully saturated rings. The van der Waals surface area contributed by atoms with E-state index in [9.17, 15) is 22.4 Å². The van der Waals surface area contributed by atoms with Crippen molar-refractivity contribution in [2.24, 2.45) is 0 Å². The number of H-pyrrole nitrogens is 1. The lowest BCUT2D eigenvalue weighted by molar-refractivity contribution is -0.276. The zero-order valence-corrected chi connectivity index (χ0v) is 8.27. The third-order valence-corrected chi connectivity index (χ3v) is 1.81. The van der Waals surface area contributed by atoms with E-state index in [1.165, 1.54) is 0 Å². The molecule has 0 amide bonds. The minimum atomic E-state index is -4.97. The third-order valence-electron chi connectivity index (χ3n) is 1.81. The molecule has 0 unspecified atom stereocenters. The van der Waals surface area contributed by atoms with Gasteiger partial charge < -0.3 is 9.72 Å². The van der Waals surface area contributed by atoms with Crippen LogP contribution in [-0.2, 0) is 13.1 Å². The van der Waals surface area contributed by atoms with E-state index in [0.717, 1.165) is 0 Å². The Labute approximate surface area is 92.4 Å². The first-order valence-electron chi connectivity index (χ1n) is 4.31. The molecule has 17 heavy (non-hydrogen) atoms. The van der Waals surface area contributed by atoms with E-state index in [1.807, 2.05) is 0 Å². The topological polar surface area (TPSA) is 65.9 Å². The number of alkyl halides is 4. The van der Waals surface area contributed by atoms with Gasteiger partial charge in [0.2, 0.25) is 5.88 Å². The molecule has 4 nitrogen and oxygen atoms in total. The number of nitriles is 1. The monoisotopic (exact) mass is 250 g/mol. The summed E-state index contributed by atoms with van der Waals surface area (Å²) >= 11 is 0. The van der Waals surface area contributed by atoms with E-state index in [0.29, 0.717) is 6.07 Å². The van der Waals surface area contributed by atoms with Gasteiger partial charge in [0, 0.05) is 11.8 Å². The molecule has 0 saturated carbocycles. The number of pyridine rings is 1. The summed E-state index contributed by atoms with van der Waals surface area (Å²) < 4.78 is 51.6. The molecule has 0 saturated heterocycles. The summed E-state index contributed by atoms with van der Waals surface area (Å²) in [5.74, 6) is -0.870. The molecule has 0 radical (unpaired) electrons. The van der Waals surface area contributed by atoms with Crippen molar-refractivity contribution >= 4 is 0 Å². The van der Waals surface area contributed by atoms with E-state index >= 15 is 0 Å². The Balaban J connectivity index is 3.21. The third kappa shape index (κ3) is 3.48. The molecule has 0 aliphatic heterocycles. The van der Waals surface area contributed by atoms with Gasteiger partial charge in [-0.2, -0.15) is 5.26 Å². The molecule has 0 spiro atoms. The highest BCUT2D eigenvalue weighted by molar-refractivity contribution is 5.27. The highest BCUT2D eigenvalue weighted by Crippen LogP contribution is 2.20. The second-order valence-electron chi connectivity index (χ2n) is 2.97. The first-order chi connectivity index (χ1) is 7.87. The molecule has 92 valence electrons. The second-order valence-corrected chi connectivity index (χ2v) is 2.97. The van der Waals surface area contributed by atoms with Gasteiger partial charge in [-0.05, 0) is 0 Å². The normalized spacial score (nSPS) is 11.0. The first-order valence-corrected chi connectivity index (χ1v) is 4.31. The van der Waals surface area contributed by atoms with Gasteiger partial charge in [0.15, 0.2) is 5.43 Å². The lowest BCUT2D eigenvalue weighted by Gasteiger charge is -2.10. The molecule has 1 aromatic rings. The van der Waals surface area contributed by atoms with E-state index in [2.05, 4.69) is 9.72 Å². The largest absolute Gasteiger partial charge is 0.574 e. The van der Waals surface area contributed by atoms with Crippen LogP contribution in [-0.4, -0.2) is 11.3 Å². The lowest BCUT2D eigenvalue weighted by atomic mass is 10.1. The second kappa shape index (κ2) is 4.86. The van der Waals surface area contributed by atoms with Crippen LogP contribution in [0.4, 0.5) is 17.6 Å². The maximum Gasteiger partial charge on any atom is 0.574 e. The summed E-state index contributed by atoms with van der Waals surface area (Å²) in [5.41, 5.74) is -1.54. The molecule has 1 heterocycles. The molecule has 0 aliphatic rings. The summed E-state index contributed by atoms with van der Waals surface area (Å²) in [7, 11) is 0. The van der Waals surface area contributed by atoms with Crippen LogP contribution in [0.2, 0.25) is 0 Å². The van der Waals surface area contributed by atoms with Crippen LogP contribution in [0.1, 0.15) is 11.3 Å². The van der Waals surface area contributed by atoms with Crippen molar-refractivity contribution in [2.45, 2.75) is 19.5 Å². The molecular formula is C9H6F4N2O2. The summed E-state index contributed by atoms with van der Waals surface area (Å²) in [4.78, 5) is 13.3. The number of aromatic nitrogens is 1. The van der Waals surface area contributed by atoms with E-state index in [1.54, 1.807) is 6.07 Å². The Morgan fingerprint density at radius 1 is 1.47 bits per heavy atom. The van der Waals surface area contributed by atoms with E-state index in [-0.39, 0.29) is 11.3 Å². The van der Waals surface area contributed by atoms with Gasteiger partial charge >= 0.3 is 6.36 Å². The van der Waals surface area contributed by atoms with Crippen LogP contribution >= 0.6 is 0 Å². The number of ether oxygens (including phenoxy) is 1. The standard InChI is InChI=1S/C9H6F4N2O2/c10-4-5-6(1-2-14)15-8(3-7(5)16)17-9(11,12)13/h3H,1,4H2,(H,15,16). The van der Waals surface area contributed by atoms with Gasteiger partial charge in [0.25, 0.3) is 0 Å². The van der Waals surface area contributed by atoms with Crippen molar-refractivity contribution in [3.63, 3.8) is 0 Å². The number of hydrogen-bond acceptors (Lipinski definition) is 3. The summed E-state index contributed by atoms with van der Waals surface area (Å²) in [5, 5.41) is 8.40. The fourth-order valence-electron chi connectivity index (χ4n) is 1.17. The highest BCUT2D eigenvalue weighted by atomic mass is 19.4. The summed E-state index contributed by atoms with van der Waals surface area (Å²) in [6, 6.07) is 2.09. The predicted molar refractivity (Wildman–Crippen MR) is 47.9 cm³/mol. The van der Waals surface area contributed by atoms with Crippen LogP contribution in [0.5, 0.6) is 5.88 Å². The Bertz CT molecular complexity index is 501. The van der Waals surface area contributed by atoms with Crippen LogP contribution in [0.15, 0.2) is 10.9 Å². The maximum atomic E-state index is 12.4. The minimum Gasteiger partial charge on any atom is -0.390 e. The summed E-state index contributed by atoms with van der Waals surface area (Å²) in [6.07, 6.45) is -5.38. The molecule has 1 aromatic heterocycles. The van der Waals surface area contributed by atoms with Gasteiger partial charge in [-0.3, -0.25) is 4.79 Å². The van der Waals surface area contributed by atoms with Gasteiger partial charge in [0.1, 0.15) is 6.67 Å². The molecule has 1 rings (SSSR count). The number of halogens is 4. The smallest absolute Gasteiger partial charge is 0.390 e.